The average Bonchev–Trinajstić information content (AvgIpc) is 2.95. The molecule has 2 aliphatic heterocycles. The summed E-state index contributed by atoms with van der Waals surface area (Å²) in [5.74, 6) is 0.295. The summed E-state index contributed by atoms with van der Waals surface area (Å²) in [4.78, 5) is 2.52. The van der Waals surface area contributed by atoms with Crippen LogP contribution in [0.3, 0.4) is 0 Å². The minimum atomic E-state index is -3.72. The van der Waals surface area contributed by atoms with Gasteiger partial charge in [0.2, 0.25) is 10.0 Å². The van der Waals surface area contributed by atoms with Crippen LogP contribution in [0, 0.1) is 6.92 Å². The molecule has 0 bridgehead atoms. The molecule has 0 saturated carbocycles. The zero-order valence-corrected chi connectivity index (χ0v) is 16.8. The number of hydrogen-bond acceptors (Lipinski definition) is 3. The molecule has 3 aromatic rings. The smallest absolute Gasteiger partial charge is 0.238 e. The standard InChI is InChI=1S/C22H23N3O2S/c1-14-6-7-21-19(8-14)20-13-24(2)11-17-9-16(12-25(21)22(17)20)15-4-3-5-18(10-15)28(23,26)27/h3-10,17H,11-13H2,1-2H3,(H2,23,26,27). The van der Waals surface area contributed by atoms with Crippen LogP contribution in [-0.4, -0.2) is 31.5 Å². The fourth-order valence-corrected chi connectivity index (χ4v) is 5.29. The Morgan fingerprint density at radius 2 is 1.93 bits per heavy atom. The number of likely N-dealkylation sites (N-methyl/N-ethyl adjacent to an activating group) is 1. The minimum absolute atomic E-state index is 0.158. The van der Waals surface area contributed by atoms with E-state index in [4.69, 9.17) is 5.14 Å². The first-order valence-corrected chi connectivity index (χ1v) is 11.0. The van der Waals surface area contributed by atoms with Crippen LogP contribution < -0.4 is 5.14 Å². The molecule has 1 atom stereocenters. The number of nitrogens with zero attached hydrogens (tertiary/aromatic N) is 2. The SMILES string of the molecule is Cc1ccc2c(c1)c1c3n2CC(c2cccc(S(N)(=O)=O)c2)=CC3CN(C)C1. The Bertz CT molecular complexity index is 1250. The predicted octanol–water partition coefficient (Wildman–Crippen LogP) is 3.22. The first kappa shape index (κ1) is 17.7. The fourth-order valence-electron chi connectivity index (χ4n) is 4.73. The lowest BCUT2D eigenvalue weighted by Crippen LogP contribution is -2.32. The molecule has 0 fully saturated rings. The van der Waals surface area contributed by atoms with Crippen molar-refractivity contribution < 1.29 is 8.42 Å². The number of sulfonamides is 1. The van der Waals surface area contributed by atoms with Gasteiger partial charge in [0.25, 0.3) is 0 Å². The van der Waals surface area contributed by atoms with E-state index in [1.807, 2.05) is 6.07 Å². The maximum Gasteiger partial charge on any atom is 0.238 e. The van der Waals surface area contributed by atoms with E-state index in [0.717, 1.165) is 30.8 Å². The Kier molecular flexibility index (Phi) is 3.81. The summed E-state index contributed by atoms with van der Waals surface area (Å²) >= 11 is 0. The number of primary sulfonamides is 1. The molecule has 1 unspecified atom stereocenters. The molecule has 5 nitrogen and oxygen atoms in total. The highest BCUT2D eigenvalue weighted by Gasteiger charge is 2.32. The third kappa shape index (κ3) is 2.71. The van der Waals surface area contributed by atoms with Crippen LogP contribution in [0.25, 0.3) is 16.5 Å². The molecule has 0 radical (unpaired) electrons. The van der Waals surface area contributed by atoms with Crippen LogP contribution in [-0.2, 0) is 23.1 Å². The van der Waals surface area contributed by atoms with E-state index in [0.29, 0.717) is 5.92 Å². The second-order valence-corrected chi connectivity index (χ2v) is 9.60. The van der Waals surface area contributed by atoms with Crippen LogP contribution in [0.2, 0.25) is 0 Å². The van der Waals surface area contributed by atoms with Gasteiger partial charge in [0.1, 0.15) is 0 Å². The van der Waals surface area contributed by atoms with Crippen molar-refractivity contribution >= 4 is 26.5 Å². The lowest BCUT2D eigenvalue weighted by atomic mass is 9.89. The molecule has 5 rings (SSSR count). The third-order valence-electron chi connectivity index (χ3n) is 5.92. The summed E-state index contributed by atoms with van der Waals surface area (Å²) < 4.78 is 26.0. The summed E-state index contributed by atoms with van der Waals surface area (Å²) in [5.41, 5.74) is 7.41. The number of aromatic nitrogens is 1. The van der Waals surface area contributed by atoms with Crippen molar-refractivity contribution in [3.8, 4) is 0 Å². The number of nitrogens with two attached hydrogens (primary N) is 1. The zero-order valence-electron chi connectivity index (χ0n) is 16.0. The molecule has 0 aliphatic carbocycles. The van der Waals surface area contributed by atoms with Gasteiger partial charge in [0.05, 0.1) is 4.90 Å². The van der Waals surface area contributed by atoms with E-state index in [-0.39, 0.29) is 4.90 Å². The molecule has 6 heteroatoms. The van der Waals surface area contributed by atoms with Gasteiger partial charge in [-0.05, 0) is 54.9 Å². The van der Waals surface area contributed by atoms with Gasteiger partial charge in [-0.15, -0.1) is 0 Å². The van der Waals surface area contributed by atoms with Crippen molar-refractivity contribution in [3.63, 3.8) is 0 Å². The molecule has 0 saturated heterocycles. The molecule has 2 N–H and O–H groups in total. The maximum absolute atomic E-state index is 11.8. The first-order valence-electron chi connectivity index (χ1n) is 9.45. The Hall–Kier alpha value is -2.41. The van der Waals surface area contributed by atoms with Crippen LogP contribution in [0.1, 0.15) is 28.3 Å². The van der Waals surface area contributed by atoms with Crippen molar-refractivity contribution in [1.82, 2.24) is 9.47 Å². The van der Waals surface area contributed by atoms with Crippen LogP contribution in [0.4, 0.5) is 0 Å². The Morgan fingerprint density at radius 1 is 1.11 bits per heavy atom. The van der Waals surface area contributed by atoms with Crippen molar-refractivity contribution in [2.24, 2.45) is 5.14 Å². The molecule has 2 aromatic carbocycles. The number of rotatable bonds is 2. The average molecular weight is 394 g/mol. The second kappa shape index (κ2) is 6.04. The van der Waals surface area contributed by atoms with Gasteiger partial charge in [-0.3, -0.25) is 0 Å². The molecule has 28 heavy (non-hydrogen) atoms. The van der Waals surface area contributed by atoms with E-state index in [2.05, 4.69) is 47.7 Å². The largest absolute Gasteiger partial charge is 0.339 e. The molecule has 1 aromatic heterocycles. The van der Waals surface area contributed by atoms with Gasteiger partial charge >= 0.3 is 0 Å². The molecule has 0 amide bonds. The molecule has 2 aliphatic rings. The monoisotopic (exact) mass is 393 g/mol. The Labute approximate surface area is 165 Å². The lowest BCUT2D eigenvalue weighted by Gasteiger charge is -2.34. The van der Waals surface area contributed by atoms with Crippen LogP contribution >= 0.6 is 0 Å². The van der Waals surface area contributed by atoms with Crippen molar-refractivity contribution in [2.45, 2.75) is 30.8 Å². The predicted molar refractivity (Wildman–Crippen MR) is 112 cm³/mol. The number of fused-ring (bicyclic) bond motifs is 3. The molecule has 144 valence electrons. The minimum Gasteiger partial charge on any atom is -0.339 e. The summed E-state index contributed by atoms with van der Waals surface area (Å²) in [6, 6.07) is 13.6. The highest BCUT2D eigenvalue weighted by atomic mass is 32.2. The van der Waals surface area contributed by atoms with E-state index in [1.165, 1.54) is 27.7 Å². The lowest BCUT2D eigenvalue weighted by molar-refractivity contribution is 0.292. The molecular weight excluding hydrogens is 370 g/mol. The molecule has 3 heterocycles. The molecule has 0 spiro atoms. The molecular formula is C22H23N3O2S. The van der Waals surface area contributed by atoms with E-state index >= 15 is 0 Å². The van der Waals surface area contributed by atoms with Gasteiger partial charge in [0, 0.05) is 42.1 Å². The van der Waals surface area contributed by atoms with Crippen LogP contribution in [0.5, 0.6) is 0 Å². The number of hydrogen-bond donors (Lipinski definition) is 1. The summed E-state index contributed by atoms with van der Waals surface area (Å²) in [6.07, 6.45) is 2.31. The second-order valence-electron chi connectivity index (χ2n) is 8.04. The van der Waals surface area contributed by atoms with Gasteiger partial charge in [0.15, 0.2) is 0 Å². The maximum atomic E-state index is 11.8. The number of aryl methyl sites for hydroxylation is 1. The fraction of sp³-hybridized carbons (Fsp3) is 0.273. The zero-order chi connectivity index (χ0) is 19.6. The van der Waals surface area contributed by atoms with E-state index in [1.54, 1.807) is 18.2 Å². The normalized spacial score (nSPS) is 19.5. The van der Waals surface area contributed by atoms with Gasteiger partial charge in [-0.2, -0.15) is 0 Å². The van der Waals surface area contributed by atoms with Crippen LogP contribution in [0.15, 0.2) is 53.4 Å². The van der Waals surface area contributed by atoms with E-state index in [9.17, 15) is 8.42 Å². The van der Waals surface area contributed by atoms with Gasteiger partial charge in [-0.1, -0.05) is 29.8 Å². The summed E-state index contributed by atoms with van der Waals surface area (Å²) in [7, 11) is -1.56. The topological polar surface area (TPSA) is 68.3 Å². The third-order valence-corrected chi connectivity index (χ3v) is 6.83. The van der Waals surface area contributed by atoms with E-state index < -0.39 is 10.0 Å². The highest BCUT2D eigenvalue weighted by Crippen LogP contribution is 2.42. The summed E-state index contributed by atoms with van der Waals surface area (Å²) in [6.45, 7) is 4.79. The number of benzene rings is 2. The quantitative estimate of drug-likeness (QED) is 0.727. The van der Waals surface area contributed by atoms with Gasteiger partial charge in [-0.25, -0.2) is 13.6 Å². The first-order chi connectivity index (χ1) is 13.3. The Balaban J connectivity index is 1.69. The van der Waals surface area contributed by atoms with Crippen molar-refractivity contribution in [3.05, 3.63) is 70.9 Å². The van der Waals surface area contributed by atoms with Gasteiger partial charge < -0.3 is 9.47 Å². The number of allylic oxidation sites excluding steroid dienone is 1. The Morgan fingerprint density at radius 3 is 2.71 bits per heavy atom. The highest BCUT2D eigenvalue weighted by molar-refractivity contribution is 7.89. The van der Waals surface area contributed by atoms with Crippen molar-refractivity contribution in [2.75, 3.05) is 13.6 Å². The van der Waals surface area contributed by atoms with Crippen molar-refractivity contribution in [1.29, 1.82) is 0 Å². The summed E-state index contributed by atoms with van der Waals surface area (Å²) in [5, 5.41) is 6.68.